The average Bonchev–Trinajstić information content (AvgIpc) is 2.62. The number of nitrogens with one attached hydrogen (secondary N) is 1. The van der Waals surface area contributed by atoms with E-state index in [0.29, 0.717) is 28.7 Å². The van der Waals surface area contributed by atoms with Gasteiger partial charge in [0.25, 0.3) is 5.91 Å². The number of benzene rings is 2. The molecule has 2 aromatic carbocycles. The molecule has 0 heterocycles. The van der Waals surface area contributed by atoms with Crippen LogP contribution in [0.25, 0.3) is 0 Å². The molecule has 0 aliphatic heterocycles. The highest BCUT2D eigenvalue weighted by Crippen LogP contribution is 2.39. The lowest BCUT2D eigenvalue weighted by Gasteiger charge is -2.17. The van der Waals surface area contributed by atoms with E-state index in [1.54, 1.807) is 19.1 Å². The Labute approximate surface area is 145 Å². The highest BCUT2D eigenvalue weighted by Gasteiger charge is 2.18. The number of amides is 1. The van der Waals surface area contributed by atoms with Crippen molar-refractivity contribution in [3.63, 3.8) is 0 Å². The van der Waals surface area contributed by atoms with Crippen LogP contribution in [-0.4, -0.2) is 33.3 Å². The second-order valence-corrected chi connectivity index (χ2v) is 5.12. The summed E-state index contributed by atoms with van der Waals surface area (Å²) in [5, 5.41) is 2.72. The molecule has 1 atom stereocenters. The highest BCUT2D eigenvalue weighted by molar-refractivity contribution is 5.94. The van der Waals surface area contributed by atoms with E-state index < -0.39 is 6.10 Å². The Bertz CT molecular complexity index is 708. The normalized spacial score (nSPS) is 11.4. The molecule has 0 aromatic heterocycles. The second-order valence-electron chi connectivity index (χ2n) is 5.12. The minimum Gasteiger partial charge on any atom is -0.493 e. The summed E-state index contributed by atoms with van der Waals surface area (Å²) in [6, 6.07) is 8.67. The molecule has 134 valence electrons. The molecule has 0 fully saturated rings. The number of hydrogen-bond acceptors (Lipinski definition) is 5. The summed E-state index contributed by atoms with van der Waals surface area (Å²) >= 11 is 0. The number of anilines is 1. The number of rotatable bonds is 7. The molecule has 1 unspecified atom stereocenters. The van der Waals surface area contributed by atoms with Gasteiger partial charge in [-0.1, -0.05) is 0 Å². The van der Waals surface area contributed by atoms with Gasteiger partial charge in [-0.05, 0) is 31.2 Å². The maximum atomic E-state index is 12.9. The van der Waals surface area contributed by atoms with Crippen LogP contribution in [-0.2, 0) is 4.79 Å². The van der Waals surface area contributed by atoms with Crippen LogP contribution in [0.5, 0.6) is 23.0 Å². The Hall–Kier alpha value is -2.96. The number of hydrogen-bond donors (Lipinski definition) is 1. The lowest BCUT2D eigenvalue weighted by molar-refractivity contribution is -0.122. The van der Waals surface area contributed by atoms with E-state index in [0.717, 1.165) is 0 Å². The first kappa shape index (κ1) is 18.4. The molecule has 0 aliphatic rings. The quantitative estimate of drug-likeness (QED) is 0.831. The van der Waals surface area contributed by atoms with Crippen LogP contribution in [0.2, 0.25) is 0 Å². The maximum absolute atomic E-state index is 12.9. The fourth-order valence-electron chi connectivity index (χ4n) is 2.17. The third-order valence-electron chi connectivity index (χ3n) is 3.43. The molecule has 0 saturated carbocycles. The maximum Gasteiger partial charge on any atom is 0.265 e. The summed E-state index contributed by atoms with van der Waals surface area (Å²) in [4.78, 5) is 12.3. The predicted molar refractivity (Wildman–Crippen MR) is 91.2 cm³/mol. The number of carbonyl (C=O) groups is 1. The number of ether oxygens (including phenoxy) is 4. The molecule has 25 heavy (non-hydrogen) atoms. The lowest BCUT2D eigenvalue weighted by Crippen LogP contribution is -2.30. The van der Waals surface area contributed by atoms with E-state index in [1.807, 2.05) is 0 Å². The van der Waals surface area contributed by atoms with Crippen molar-refractivity contribution in [2.24, 2.45) is 0 Å². The van der Waals surface area contributed by atoms with E-state index in [-0.39, 0.29) is 11.7 Å². The second kappa shape index (κ2) is 8.23. The molecule has 0 saturated heterocycles. The fourth-order valence-corrected chi connectivity index (χ4v) is 2.17. The van der Waals surface area contributed by atoms with Crippen LogP contribution in [0.3, 0.4) is 0 Å². The molecule has 0 bridgehead atoms. The predicted octanol–water partition coefficient (Wildman–Crippen LogP) is 3.26. The zero-order chi connectivity index (χ0) is 18.4. The van der Waals surface area contributed by atoms with Gasteiger partial charge in [0.1, 0.15) is 11.6 Å². The van der Waals surface area contributed by atoms with Crippen LogP contribution in [0.1, 0.15) is 6.92 Å². The summed E-state index contributed by atoms with van der Waals surface area (Å²) in [5.74, 6) is 0.918. The van der Waals surface area contributed by atoms with Gasteiger partial charge >= 0.3 is 0 Å². The largest absolute Gasteiger partial charge is 0.493 e. The van der Waals surface area contributed by atoms with E-state index in [2.05, 4.69) is 5.32 Å². The number of methoxy groups -OCH3 is 3. The molecule has 0 spiro atoms. The average molecular weight is 349 g/mol. The summed E-state index contributed by atoms with van der Waals surface area (Å²) in [6.45, 7) is 1.59. The first-order valence-electron chi connectivity index (χ1n) is 7.51. The molecular formula is C18H20FNO5. The Kier molecular flexibility index (Phi) is 6.05. The van der Waals surface area contributed by atoms with Crippen LogP contribution in [0, 0.1) is 5.82 Å². The first-order valence-corrected chi connectivity index (χ1v) is 7.51. The van der Waals surface area contributed by atoms with Crippen molar-refractivity contribution in [3.05, 3.63) is 42.2 Å². The summed E-state index contributed by atoms with van der Waals surface area (Å²) in [6.07, 6.45) is -0.787. The minimum absolute atomic E-state index is 0.373. The van der Waals surface area contributed by atoms with Gasteiger partial charge in [-0.15, -0.1) is 0 Å². The van der Waals surface area contributed by atoms with Crippen molar-refractivity contribution in [1.29, 1.82) is 0 Å². The Morgan fingerprint density at radius 1 is 1.00 bits per heavy atom. The van der Waals surface area contributed by atoms with Gasteiger partial charge in [-0.3, -0.25) is 4.79 Å². The SMILES string of the molecule is COc1cc(NC(=O)C(C)Oc2ccc(F)cc2)cc(OC)c1OC. The third-order valence-corrected chi connectivity index (χ3v) is 3.43. The molecule has 2 rings (SSSR count). The van der Waals surface area contributed by atoms with Gasteiger partial charge in [-0.25, -0.2) is 4.39 Å². The van der Waals surface area contributed by atoms with Crippen LogP contribution < -0.4 is 24.3 Å². The van der Waals surface area contributed by atoms with Gasteiger partial charge in [0.2, 0.25) is 5.75 Å². The van der Waals surface area contributed by atoms with Crippen molar-refractivity contribution < 1.29 is 28.1 Å². The smallest absolute Gasteiger partial charge is 0.265 e. The van der Waals surface area contributed by atoms with Gasteiger partial charge in [-0.2, -0.15) is 0 Å². The molecule has 2 aromatic rings. The van der Waals surface area contributed by atoms with Crippen LogP contribution in [0.4, 0.5) is 10.1 Å². The molecule has 7 heteroatoms. The minimum atomic E-state index is -0.787. The van der Waals surface area contributed by atoms with Crippen molar-refractivity contribution >= 4 is 11.6 Å². The topological polar surface area (TPSA) is 66.0 Å². The summed E-state index contributed by atoms with van der Waals surface area (Å²) in [5.41, 5.74) is 0.467. The molecule has 0 radical (unpaired) electrons. The zero-order valence-corrected chi connectivity index (χ0v) is 14.5. The number of carbonyl (C=O) groups excluding carboxylic acids is 1. The van der Waals surface area contributed by atoms with E-state index in [9.17, 15) is 9.18 Å². The molecule has 1 amide bonds. The van der Waals surface area contributed by atoms with Crippen LogP contribution in [0.15, 0.2) is 36.4 Å². The summed E-state index contributed by atoms with van der Waals surface area (Å²) in [7, 11) is 4.48. The van der Waals surface area contributed by atoms with Crippen LogP contribution >= 0.6 is 0 Å². The monoisotopic (exact) mass is 349 g/mol. The van der Waals surface area contributed by atoms with Crippen molar-refractivity contribution in [1.82, 2.24) is 0 Å². The third kappa shape index (κ3) is 4.53. The van der Waals surface area contributed by atoms with E-state index in [4.69, 9.17) is 18.9 Å². The molecule has 6 nitrogen and oxygen atoms in total. The van der Waals surface area contributed by atoms with Gasteiger partial charge in [0.05, 0.1) is 21.3 Å². The van der Waals surface area contributed by atoms with Gasteiger partial charge in [0.15, 0.2) is 17.6 Å². The highest BCUT2D eigenvalue weighted by atomic mass is 19.1. The Morgan fingerprint density at radius 2 is 1.56 bits per heavy atom. The van der Waals surface area contributed by atoms with Gasteiger partial charge in [0, 0.05) is 17.8 Å². The fraction of sp³-hybridized carbons (Fsp3) is 0.278. The summed E-state index contributed by atoms with van der Waals surface area (Å²) < 4.78 is 34.1. The standard InChI is InChI=1S/C18H20FNO5/c1-11(25-14-7-5-12(19)6-8-14)18(21)20-13-9-15(22-2)17(24-4)16(10-13)23-3/h5-11H,1-4H3,(H,20,21). The van der Waals surface area contributed by atoms with Gasteiger partial charge < -0.3 is 24.3 Å². The zero-order valence-electron chi connectivity index (χ0n) is 14.5. The van der Waals surface area contributed by atoms with Crippen molar-refractivity contribution in [2.75, 3.05) is 26.6 Å². The Balaban J connectivity index is 2.12. The van der Waals surface area contributed by atoms with E-state index in [1.165, 1.54) is 45.6 Å². The first-order chi connectivity index (χ1) is 12.0. The van der Waals surface area contributed by atoms with E-state index >= 15 is 0 Å². The molecule has 1 N–H and O–H groups in total. The van der Waals surface area contributed by atoms with Crippen molar-refractivity contribution in [3.8, 4) is 23.0 Å². The number of halogens is 1. The van der Waals surface area contributed by atoms with Crippen molar-refractivity contribution in [2.45, 2.75) is 13.0 Å². The Morgan fingerprint density at radius 3 is 2.04 bits per heavy atom. The lowest BCUT2D eigenvalue weighted by atomic mass is 10.2. The molecule has 0 aliphatic carbocycles. The molecular weight excluding hydrogens is 329 g/mol.